The number of amides is 1. The van der Waals surface area contributed by atoms with Crippen LogP contribution in [0.4, 0.5) is 14.5 Å². The third-order valence-electron chi connectivity index (χ3n) is 4.27. The van der Waals surface area contributed by atoms with Crippen LogP contribution in [0, 0.1) is 11.6 Å². The van der Waals surface area contributed by atoms with E-state index >= 15 is 0 Å². The fraction of sp³-hybridized carbons (Fsp3) is 0.316. The summed E-state index contributed by atoms with van der Waals surface area (Å²) in [5, 5.41) is 5.94. The number of benzene rings is 2. The Hall–Kier alpha value is -2.18. The Balaban J connectivity index is 0.00000243. The Morgan fingerprint density at radius 1 is 1.08 bits per heavy atom. The Morgan fingerprint density at radius 2 is 1.81 bits per heavy atom. The van der Waals surface area contributed by atoms with E-state index in [-0.39, 0.29) is 37.1 Å². The molecule has 26 heavy (non-hydrogen) atoms. The largest absolute Gasteiger partial charge is 0.367 e. The molecule has 7 heteroatoms. The smallest absolute Gasteiger partial charge is 0.224 e. The van der Waals surface area contributed by atoms with Crippen LogP contribution in [-0.4, -0.2) is 32.1 Å². The number of carbonyl (C=O) groups excluding carboxylic acids is 1. The van der Waals surface area contributed by atoms with E-state index < -0.39 is 5.82 Å². The lowest BCUT2D eigenvalue weighted by atomic mass is 10.1. The SMILES string of the molecule is Cl.O=C(Cc1ccccc1F)NCc1ccc(N2CCNCC2)c(F)c1. The van der Waals surface area contributed by atoms with Gasteiger partial charge in [0.15, 0.2) is 0 Å². The summed E-state index contributed by atoms with van der Waals surface area (Å²) in [6, 6.07) is 11.2. The molecule has 0 aliphatic carbocycles. The molecule has 0 atom stereocenters. The summed E-state index contributed by atoms with van der Waals surface area (Å²) < 4.78 is 27.9. The summed E-state index contributed by atoms with van der Waals surface area (Å²) in [5.74, 6) is -0.983. The predicted octanol–water partition coefficient (Wildman–Crippen LogP) is 2.66. The highest BCUT2D eigenvalue weighted by molar-refractivity contribution is 5.85. The molecule has 1 aliphatic heterocycles. The number of anilines is 1. The van der Waals surface area contributed by atoms with Crippen molar-refractivity contribution in [3.8, 4) is 0 Å². The highest BCUT2D eigenvalue weighted by Gasteiger charge is 2.15. The van der Waals surface area contributed by atoms with Crippen molar-refractivity contribution in [3.63, 3.8) is 0 Å². The Labute approximate surface area is 158 Å². The van der Waals surface area contributed by atoms with Crippen LogP contribution >= 0.6 is 12.4 Å². The van der Waals surface area contributed by atoms with Crippen LogP contribution in [0.15, 0.2) is 42.5 Å². The third kappa shape index (κ3) is 5.16. The van der Waals surface area contributed by atoms with Gasteiger partial charge in [-0.05, 0) is 29.3 Å². The minimum Gasteiger partial charge on any atom is -0.367 e. The number of nitrogens with zero attached hydrogens (tertiary/aromatic N) is 1. The maximum absolute atomic E-state index is 14.3. The zero-order chi connectivity index (χ0) is 17.6. The summed E-state index contributed by atoms with van der Waals surface area (Å²) in [6.07, 6.45) is -0.0337. The minimum atomic E-state index is -0.399. The van der Waals surface area contributed by atoms with E-state index in [9.17, 15) is 13.6 Å². The van der Waals surface area contributed by atoms with Gasteiger partial charge < -0.3 is 15.5 Å². The standard InChI is InChI=1S/C19H21F2N3O.ClH/c20-16-4-2-1-3-15(16)12-19(25)23-13-14-5-6-18(17(21)11-14)24-9-7-22-8-10-24;/h1-6,11,22H,7-10,12-13H2,(H,23,25);1H. The van der Waals surface area contributed by atoms with Gasteiger partial charge in [0.1, 0.15) is 11.6 Å². The van der Waals surface area contributed by atoms with Crippen molar-refractivity contribution >= 4 is 24.0 Å². The molecule has 1 fully saturated rings. The molecule has 2 aromatic rings. The molecule has 1 aliphatic rings. The fourth-order valence-electron chi connectivity index (χ4n) is 2.90. The summed E-state index contributed by atoms with van der Waals surface area (Å²) in [6.45, 7) is 3.44. The topological polar surface area (TPSA) is 44.4 Å². The van der Waals surface area contributed by atoms with E-state index in [2.05, 4.69) is 10.6 Å². The van der Waals surface area contributed by atoms with Gasteiger partial charge in [-0.2, -0.15) is 0 Å². The lowest BCUT2D eigenvalue weighted by Gasteiger charge is -2.29. The third-order valence-corrected chi connectivity index (χ3v) is 4.27. The van der Waals surface area contributed by atoms with Crippen molar-refractivity contribution in [2.45, 2.75) is 13.0 Å². The first kappa shape index (κ1) is 20.1. The van der Waals surface area contributed by atoms with Gasteiger partial charge in [-0.25, -0.2) is 8.78 Å². The maximum Gasteiger partial charge on any atom is 0.224 e. The quantitative estimate of drug-likeness (QED) is 0.837. The second-order valence-electron chi connectivity index (χ2n) is 6.07. The lowest BCUT2D eigenvalue weighted by Crippen LogP contribution is -2.43. The van der Waals surface area contributed by atoms with E-state index in [0.717, 1.165) is 26.2 Å². The molecule has 1 saturated heterocycles. The second-order valence-corrected chi connectivity index (χ2v) is 6.07. The van der Waals surface area contributed by atoms with Gasteiger partial charge in [-0.1, -0.05) is 24.3 Å². The number of piperazine rings is 1. The molecule has 2 N–H and O–H groups in total. The number of rotatable bonds is 5. The summed E-state index contributed by atoms with van der Waals surface area (Å²) in [7, 11) is 0. The first-order chi connectivity index (χ1) is 12.1. The zero-order valence-electron chi connectivity index (χ0n) is 14.3. The van der Waals surface area contributed by atoms with Crippen LogP contribution in [0.2, 0.25) is 0 Å². The van der Waals surface area contributed by atoms with Crippen molar-refractivity contribution in [2.75, 3.05) is 31.1 Å². The molecule has 3 rings (SSSR count). The van der Waals surface area contributed by atoms with Gasteiger partial charge in [0, 0.05) is 32.7 Å². The summed E-state index contributed by atoms with van der Waals surface area (Å²) in [4.78, 5) is 14.0. The molecule has 0 saturated carbocycles. The number of hydrogen-bond donors (Lipinski definition) is 2. The molecular weight excluding hydrogens is 360 g/mol. The average Bonchev–Trinajstić information content (AvgIpc) is 2.63. The Morgan fingerprint density at radius 3 is 2.50 bits per heavy atom. The fourth-order valence-corrected chi connectivity index (χ4v) is 2.90. The number of halogens is 3. The Kier molecular flexibility index (Phi) is 7.36. The molecule has 140 valence electrons. The van der Waals surface area contributed by atoms with Gasteiger partial charge in [-0.3, -0.25) is 4.79 Å². The Bertz CT molecular complexity index is 751. The molecule has 0 unspecified atom stereocenters. The highest BCUT2D eigenvalue weighted by atomic mass is 35.5. The molecule has 4 nitrogen and oxygen atoms in total. The van der Waals surface area contributed by atoms with Gasteiger partial charge in [0.25, 0.3) is 0 Å². The van der Waals surface area contributed by atoms with E-state index in [1.807, 2.05) is 11.0 Å². The number of nitrogens with one attached hydrogen (secondary N) is 2. The zero-order valence-corrected chi connectivity index (χ0v) is 15.1. The first-order valence-electron chi connectivity index (χ1n) is 8.37. The van der Waals surface area contributed by atoms with Gasteiger partial charge in [0.05, 0.1) is 12.1 Å². The van der Waals surface area contributed by atoms with Gasteiger partial charge in [-0.15, -0.1) is 12.4 Å². The number of carbonyl (C=O) groups is 1. The monoisotopic (exact) mass is 381 g/mol. The van der Waals surface area contributed by atoms with Crippen LogP contribution in [0.5, 0.6) is 0 Å². The van der Waals surface area contributed by atoms with Crippen LogP contribution in [-0.2, 0) is 17.8 Å². The van der Waals surface area contributed by atoms with E-state index in [1.54, 1.807) is 24.3 Å². The van der Waals surface area contributed by atoms with Crippen LogP contribution in [0.1, 0.15) is 11.1 Å². The van der Waals surface area contributed by atoms with Crippen molar-refractivity contribution < 1.29 is 13.6 Å². The predicted molar refractivity (Wildman–Crippen MR) is 101 cm³/mol. The van der Waals surface area contributed by atoms with Crippen LogP contribution in [0.3, 0.4) is 0 Å². The highest BCUT2D eigenvalue weighted by Crippen LogP contribution is 2.21. The van der Waals surface area contributed by atoms with Crippen LogP contribution in [0.25, 0.3) is 0 Å². The van der Waals surface area contributed by atoms with Crippen molar-refractivity contribution in [3.05, 3.63) is 65.2 Å². The molecule has 1 heterocycles. The van der Waals surface area contributed by atoms with Crippen molar-refractivity contribution in [1.29, 1.82) is 0 Å². The van der Waals surface area contributed by atoms with E-state index in [1.165, 1.54) is 12.1 Å². The first-order valence-corrected chi connectivity index (χ1v) is 8.37. The van der Waals surface area contributed by atoms with Gasteiger partial charge >= 0.3 is 0 Å². The summed E-state index contributed by atoms with van der Waals surface area (Å²) in [5.41, 5.74) is 1.61. The van der Waals surface area contributed by atoms with E-state index in [0.29, 0.717) is 16.8 Å². The summed E-state index contributed by atoms with van der Waals surface area (Å²) >= 11 is 0. The maximum atomic E-state index is 14.3. The molecule has 0 spiro atoms. The van der Waals surface area contributed by atoms with Crippen LogP contribution < -0.4 is 15.5 Å². The van der Waals surface area contributed by atoms with Crippen molar-refractivity contribution in [1.82, 2.24) is 10.6 Å². The second kappa shape index (κ2) is 9.50. The van der Waals surface area contributed by atoms with Gasteiger partial charge in [0.2, 0.25) is 5.91 Å². The molecule has 0 aromatic heterocycles. The molecular formula is C19H22ClF2N3O. The molecule has 0 bridgehead atoms. The molecule has 1 amide bonds. The number of hydrogen-bond acceptors (Lipinski definition) is 3. The van der Waals surface area contributed by atoms with E-state index in [4.69, 9.17) is 0 Å². The average molecular weight is 382 g/mol. The van der Waals surface area contributed by atoms with Crippen molar-refractivity contribution in [2.24, 2.45) is 0 Å². The minimum absolute atomic E-state index is 0. The molecule has 0 radical (unpaired) electrons. The normalized spacial score (nSPS) is 13.8. The lowest BCUT2D eigenvalue weighted by molar-refractivity contribution is -0.120. The molecule has 2 aromatic carbocycles.